The first-order valence-corrected chi connectivity index (χ1v) is 10.5. The lowest BCUT2D eigenvalue weighted by molar-refractivity contribution is -0.123. The Kier molecular flexibility index (Phi) is 6.57. The van der Waals surface area contributed by atoms with Gasteiger partial charge in [-0.2, -0.15) is 0 Å². The molecule has 31 heavy (non-hydrogen) atoms. The van der Waals surface area contributed by atoms with Crippen LogP contribution in [0.1, 0.15) is 29.8 Å². The van der Waals surface area contributed by atoms with Gasteiger partial charge in [0.15, 0.2) is 0 Å². The lowest BCUT2D eigenvalue weighted by atomic mass is 10.1. The molecule has 160 valence electrons. The Morgan fingerprint density at radius 3 is 2.74 bits per heavy atom. The summed E-state index contributed by atoms with van der Waals surface area (Å²) in [5.41, 5.74) is 2.41. The van der Waals surface area contributed by atoms with Crippen molar-refractivity contribution in [1.82, 2.24) is 15.2 Å². The summed E-state index contributed by atoms with van der Waals surface area (Å²) < 4.78 is 20.6. The largest absolute Gasteiger partial charge is 0.484 e. The minimum Gasteiger partial charge on any atom is -0.484 e. The first-order valence-electron chi connectivity index (χ1n) is 10.5. The quantitative estimate of drug-likeness (QED) is 0.658. The number of halogens is 1. The number of carbonyl (C=O) groups is 1. The van der Waals surface area contributed by atoms with Gasteiger partial charge in [-0.25, -0.2) is 4.39 Å². The smallest absolute Gasteiger partial charge is 0.234 e. The highest BCUT2D eigenvalue weighted by Crippen LogP contribution is 2.31. The molecular weight excluding hydrogens is 393 g/mol. The maximum absolute atomic E-state index is 14.5. The zero-order valence-corrected chi connectivity index (χ0v) is 17.5. The van der Waals surface area contributed by atoms with Crippen LogP contribution in [0.5, 0.6) is 5.75 Å². The molecule has 1 aromatic heterocycles. The predicted molar refractivity (Wildman–Crippen MR) is 117 cm³/mol. The molecule has 0 saturated carbocycles. The maximum Gasteiger partial charge on any atom is 0.234 e. The molecule has 2 heterocycles. The van der Waals surface area contributed by atoms with Crippen LogP contribution in [0.4, 0.5) is 4.39 Å². The van der Waals surface area contributed by atoms with Crippen molar-refractivity contribution in [2.45, 2.75) is 32.0 Å². The first-order chi connectivity index (χ1) is 15.1. The van der Waals surface area contributed by atoms with Crippen molar-refractivity contribution < 1.29 is 13.9 Å². The van der Waals surface area contributed by atoms with Gasteiger partial charge in [0, 0.05) is 48.6 Å². The second kappa shape index (κ2) is 9.71. The Hall–Kier alpha value is -3.25. The summed E-state index contributed by atoms with van der Waals surface area (Å²) >= 11 is 0. The Morgan fingerprint density at radius 2 is 1.94 bits per heavy atom. The highest BCUT2D eigenvalue weighted by Gasteiger charge is 2.27. The fraction of sp³-hybridized carbons (Fsp3) is 0.280. The highest BCUT2D eigenvalue weighted by atomic mass is 19.1. The summed E-state index contributed by atoms with van der Waals surface area (Å²) in [4.78, 5) is 19.1. The van der Waals surface area contributed by atoms with E-state index in [1.807, 2.05) is 54.3 Å². The number of hydrogen-bond donors (Lipinski definition) is 1. The van der Waals surface area contributed by atoms with E-state index in [9.17, 15) is 9.18 Å². The molecule has 6 heteroatoms. The summed E-state index contributed by atoms with van der Waals surface area (Å²) in [7, 11) is 0. The average molecular weight is 420 g/mol. The van der Waals surface area contributed by atoms with Gasteiger partial charge in [0.25, 0.3) is 0 Å². The summed E-state index contributed by atoms with van der Waals surface area (Å²) in [6.07, 6.45) is 1.92. The molecule has 0 spiro atoms. The minimum absolute atomic E-state index is 0.0414. The highest BCUT2D eigenvalue weighted by molar-refractivity contribution is 5.78. The van der Waals surface area contributed by atoms with Gasteiger partial charge < -0.3 is 10.1 Å². The van der Waals surface area contributed by atoms with E-state index in [4.69, 9.17) is 4.74 Å². The number of aromatic nitrogens is 1. The molecule has 2 aromatic carbocycles. The Bertz CT molecular complexity index is 1030. The number of para-hydroxylation sites is 1. The van der Waals surface area contributed by atoms with E-state index >= 15 is 0 Å². The molecule has 5 nitrogen and oxygen atoms in total. The van der Waals surface area contributed by atoms with Crippen molar-refractivity contribution in [2.24, 2.45) is 0 Å². The van der Waals surface area contributed by atoms with Gasteiger partial charge in [0.05, 0.1) is 6.54 Å². The third kappa shape index (κ3) is 5.47. The molecule has 4 rings (SSSR count). The molecule has 0 fully saturated rings. The number of nitrogens with zero attached hydrogens (tertiary/aromatic N) is 2. The van der Waals surface area contributed by atoms with E-state index in [0.29, 0.717) is 25.1 Å². The van der Waals surface area contributed by atoms with Crippen molar-refractivity contribution in [1.29, 1.82) is 0 Å². The SMILES string of the molecule is C[C@@H](Cc1ccccn1)NC(=O)CN1Cc2ccccc2O[C@H](c2ccccc2F)C1. The van der Waals surface area contributed by atoms with Gasteiger partial charge in [-0.05, 0) is 31.2 Å². The van der Waals surface area contributed by atoms with Crippen molar-refractivity contribution in [3.63, 3.8) is 0 Å². The fourth-order valence-corrected chi connectivity index (χ4v) is 3.91. The summed E-state index contributed by atoms with van der Waals surface area (Å²) in [5.74, 6) is 0.345. The van der Waals surface area contributed by atoms with E-state index < -0.39 is 6.10 Å². The first kappa shape index (κ1) is 21.0. The third-order valence-corrected chi connectivity index (χ3v) is 5.33. The van der Waals surface area contributed by atoms with Crippen LogP contribution in [0.25, 0.3) is 0 Å². The number of nitrogens with one attached hydrogen (secondary N) is 1. The van der Waals surface area contributed by atoms with Crippen molar-refractivity contribution in [3.05, 3.63) is 95.6 Å². The van der Waals surface area contributed by atoms with Gasteiger partial charge >= 0.3 is 0 Å². The van der Waals surface area contributed by atoms with Crippen LogP contribution in [-0.4, -0.2) is 34.9 Å². The third-order valence-electron chi connectivity index (χ3n) is 5.33. The lowest BCUT2D eigenvalue weighted by Gasteiger charge is -2.24. The molecule has 3 aromatic rings. The zero-order chi connectivity index (χ0) is 21.6. The number of amides is 1. The second-order valence-electron chi connectivity index (χ2n) is 7.90. The maximum atomic E-state index is 14.5. The van der Waals surface area contributed by atoms with Crippen LogP contribution in [0.2, 0.25) is 0 Å². The van der Waals surface area contributed by atoms with Crippen molar-refractivity contribution in [2.75, 3.05) is 13.1 Å². The van der Waals surface area contributed by atoms with E-state index in [0.717, 1.165) is 17.0 Å². The number of benzene rings is 2. The Labute approximate surface area is 181 Å². The van der Waals surface area contributed by atoms with E-state index in [1.54, 1.807) is 24.4 Å². The molecule has 0 unspecified atom stereocenters. The van der Waals surface area contributed by atoms with Crippen LogP contribution in [-0.2, 0) is 17.8 Å². The number of pyridine rings is 1. The lowest BCUT2D eigenvalue weighted by Crippen LogP contribution is -2.42. The predicted octanol–water partition coefficient (Wildman–Crippen LogP) is 3.90. The molecule has 1 amide bonds. The van der Waals surface area contributed by atoms with Gasteiger partial charge in [-0.3, -0.25) is 14.7 Å². The van der Waals surface area contributed by atoms with Crippen LogP contribution in [0.3, 0.4) is 0 Å². The number of rotatable bonds is 6. The minimum atomic E-state index is -0.497. The zero-order valence-electron chi connectivity index (χ0n) is 17.5. The monoisotopic (exact) mass is 419 g/mol. The van der Waals surface area contributed by atoms with Crippen molar-refractivity contribution in [3.8, 4) is 5.75 Å². The summed E-state index contributed by atoms with van der Waals surface area (Å²) in [6, 6.07) is 20.1. The van der Waals surface area contributed by atoms with Crippen molar-refractivity contribution >= 4 is 5.91 Å². The van der Waals surface area contributed by atoms with Crippen LogP contribution >= 0.6 is 0 Å². The van der Waals surface area contributed by atoms with E-state index in [-0.39, 0.29) is 24.3 Å². The average Bonchev–Trinajstić information content (AvgIpc) is 2.93. The molecular formula is C25H26FN3O2. The number of ether oxygens (including phenoxy) is 1. The van der Waals surface area contributed by atoms with Gasteiger partial charge in [-0.15, -0.1) is 0 Å². The van der Waals surface area contributed by atoms with Gasteiger partial charge in [0.2, 0.25) is 5.91 Å². The topological polar surface area (TPSA) is 54.5 Å². The summed E-state index contributed by atoms with van der Waals surface area (Å²) in [6.45, 7) is 3.14. The molecule has 0 bridgehead atoms. The Balaban J connectivity index is 1.46. The molecule has 0 aliphatic carbocycles. The standard InChI is InChI=1S/C25H26FN3O2/c1-18(14-20-9-6-7-13-27-20)28-25(30)17-29-15-19-8-2-5-12-23(19)31-24(16-29)21-10-3-4-11-22(21)26/h2-13,18,24H,14-17H2,1H3,(H,28,30)/t18-,24-/m0/s1. The van der Waals surface area contributed by atoms with Crippen LogP contribution < -0.4 is 10.1 Å². The van der Waals surface area contributed by atoms with E-state index in [1.165, 1.54) is 6.07 Å². The normalized spacial score (nSPS) is 17.2. The van der Waals surface area contributed by atoms with E-state index in [2.05, 4.69) is 10.3 Å². The number of hydrogen-bond acceptors (Lipinski definition) is 4. The molecule has 0 radical (unpaired) electrons. The van der Waals surface area contributed by atoms with Gasteiger partial charge in [0.1, 0.15) is 17.7 Å². The molecule has 1 aliphatic heterocycles. The fourth-order valence-electron chi connectivity index (χ4n) is 3.91. The molecule has 2 atom stereocenters. The van der Waals surface area contributed by atoms with Crippen LogP contribution in [0.15, 0.2) is 72.9 Å². The van der Waals surface area contributed by atoms with Gasteiger partial charge in [-0.1, -0.05) is 42.5 Å². The second-order valence-corrected chi connectivity index (χ2v) is 7.90. The Morgan fingerprint density at radius 1 is 1.16 bits per heavy atom. The number of carbonyl (C=O) groups excluding carboxylic acids is 1. The molecule has 0 saturated heterocycles. The number of fused-ring (bicyclic) bond motifs is 1. The molecule has 1 aliphatic rings. The van der Waals surface area contributed by atoms with Crippen LogP contribution in [0, 0.1) is 5.82 Å². The summed E-state index contributed by atoms with van der Waals surface area (Å²) in [5, 5.41) is 3.05. The molecule has 1 N–H and O–H groups in total.